The number of benzene rings is 1. The number of imidazole rings is 1. The van der Waals surface area contributed by atoms with E-state index in [1.54, 1.807) is 23.3 Å². The number of amides is 1. The molecule has 0 saturated heterocycles. The third-order valence-corrected chi connectivity index (χ3v) is 6.33. The molecule has 1 aliphatic heterocycles. The number of hydrogen-bond acceptors (Lipinski definition) is 5. The van der Waals surface area contributed by atoms with Gasteiger partial charge in [-0.25, -0.2) is 4.98 Å². The van der Waals surface area contributed by atoms with Crippen molar-refractivity contribution in [3.63, 3.8) is 0 Å². The molecule has 0 bridgehead atoms. The summed E-state index contributed by atoms with van der Waals surface area (Å²) in [6.45, 7) is 0.0504. The molecule has 0 N–H and O–H groups in total. The first-order chi connectivity index (χ1) is 12.7. The van der Waals surface area contributed by atoms with Crippen molar-refractivity contribution in [1.29, 1.82) is 0 Å². The Kier molecular flexibility index (Phi) is 3.40. The van der Waals surface area contributed by atoms with Crippen molar-refractivity contribution in [1.82, 2.24) is 9.38 Å². The normalized spacial score (nSPS) is 16.3. The van der Waals surface area contributed by atoms with Gasteiger partial charge in [0.25, 0.3) is 5.91 Å². The van der Waals surface area contributed by atoms with Gasteiger partial charge in [0.1, 0.15) is 17.1 Å². The molecule has 132 valence electrons. The third-order valence-electron chi connectivity index (χ3n) is 5.19. The van der Waals surface area contributed by atoms with Crippen molar-refractivity contribution in [3.05, 3.63) is 34.5 Å². The maximum absolute atomic E-state index is 11.9. The van der Waals surface area contributed by atoms with Gasteiger partial charge in [-0.15, -0.1) is 11.3 Å². The van der Waals surface area contributed by atoms with Gasteiger partial charge in [0.05, 0.1) is 5.69 Å². The molecular weight excluding hydrogens is 350 g/mol. The first-order valence-electron chi connectivity index (χ1n) is 8.69. The number of carbonyl (C=O) groups is 2. The number of aldehydes is 1. The predicted molar refractivity (Wildman–Crippen MR) is 99.4 cm³/mol. The van der Waals surface area contributed by atoms with Crippen molar-refractivity contribution >= 4 is 34.2 Å². The van der Waals surface area contributed by atoms with E-state index in [1.807, 2.05) is 22.6 Å². The molecule has 5 rings (SSSR count). The van der Waals surface area contributed by atoms with Crippen molar-refractivity contribution in [3.8, 4) is 17.0 Å². The van der Waals surface area contributed by atoms with Crippen LogP contribution in [0.3, 0.4) is 0 Å². The molecule has 1 amide bonds. The van der Waals surface area contributed by atoms with Crippen LogP contribution in [0.15, 0.2) is 18.2 Å². The summed E-state index contributed by atoms with van der Waals surface area (Å²) in [6.07, 6.45) is 5.29. The van der Waals surface area contributed by atoms with E-state index < -0.39 is 0 Å². The van der Waals surface area contributed by atoms with Crippen LogP contribution < -0.4 is 9.64 Å². The second-order valence-corrected chi connectivity index (χ2v) is 7.75. The number of fused-ring (bicyclic) bond motifs is 4. The number of aryl methyl sites for hydroxylation is 2. The lowest BCUT2D eigenvalue weighted by Crippen LogP contribution is -2.35. The molecule has 2 aromatic heterocycles. The molecule has 1 aliphatic carbocycles. The number of nitrogens with zero attached hydrogens (tertiary/aromatic N) is 3. The molecule has 3 aromatic rings. The van der Waals surface area contributed by atoms with Crippen LogP contribution in [-0.4, -0.2) is 35.2 Å². The Labute approximate surface area is 154 Å². The van der Waals surface area contributed by atoms with Gasteiger partial charge in [-0.2, -0.15) is 0 Å². The van der Waals surface area contributed by atoms with Gasteiger partial charge < -0.3 is 9.64 Å². The number of ether oxygens (including phenoxy) is 1. The zero-order chi connectivity index (χ0) is 17.8. The molecule has 0 atom stereocenters. The highest BCUT2D eigenvalue weighted by Crippen LogP contribution is 2.38. The van der Waals surface area contributed by atoms with Gasteiger partial charge in [0.15, 0.2) is 17.9 Å². The molecule has 26 heavy (non-hydrogen) atoms. The molecule has 7 heteroatoms. The Hall–Kier alpha value is -2.67. The van der Waals surface area contributed by atoms with E-state index >= 15 is 0 Å². The van der Waals surface area contributed by atoms with E-state index in [9.17, 15) is 9.59 Å². The molecule has 0 spiro atoms. The highest BCUT2D eigenvalue weighted by Gasteiger charge is 2.26. The summed E-state index contributed by atoms with van der Waals surface area (Å²) in [5.74, 6) is 0.576. The van der Waals surface area contributed by atoms with Gasteiger partial charge >= 0.3 is 0 Å². The van der Waals surface area contributed by atoms with Gasteiger partial charge in [-0.3, -0.25) is 14.0 Å². The Morgan fingerprint density at radius 3 is 2.96 bits per heavy atom. The predicted octanol–water partition coefficient (Wildman–Crippen LogP) is 3.11. The van der Waals surface area contributed by atoms with E-state index in [0.29, 0.717) is 22.8 Å². The minimum atomic E-state index is -0.0924. The SMILES string of the molecule is CN1C(=O)COc2ccc(-c3nc4sc5c(n4c3C=O)CCCC5)cc21. The fraction of sp³-hybridized carbons (Fsp3) is 0.316. The number of carbonyl (C=O) groups excluding carboxylic acids is 2. The molecule has 1 aromatic carbocycles. The topological polar surface area (TPSA) is 63.9 Å². The van der Waals surface area contributed by atoms with Crippen LogP contribution in [0, 0.1) is 0 Å². The lowest BCUT2D eigenvalue weighted by atomic mass is 10.0. The fourth-order valence-electron chi connectivity index (χ4n) is 3.80. The van der Waals surface area contributed by atoms with Crippen LogP contribution in [0.1, 0.15) is 33.9 Å². The zero-order valence-electron chi connectivity index (χ0n) is 14.3. The maximum atomic E-state index is 11.9. The quantitative estimate of drug-likeness (QED) is 0.653. The van der Waals surface area contributed by atoms with Crippen molar-refractivity contribution in [2.45, 2.75) is 25.7 Å². The highest BCUT2D eigenvalue weighted by atomic mass is 32.1. The molecule has 0 radical (unpaired) electrons. The number of likely N-dealkylation sites (N-methyl/N-ethyl adjacent to an activating group) is 1. The maximum Gasteiger partial charge on any atom is 0.264 e. The molecule has 0 fully saturated rings. The summed E-state index contributed by atoms with van der Waals surface area (Å²) in [5.41, 5.74) is 4.00. The first kappa shape index (κ1) is 15.6. The van der Waals surface area contributed by atoms with Crippen LogP contribution in [0.25, 0.3) is 16.2 Å². The van der Waals surface area contributed by atoms with Gasteiger partial charge in [0, 0.05) is 23.2 Å². The summed E-state index contributed by atoms with van der Waals surface area (Å²) in [5, 5.41) is 0. The second-order valence-electron chi connectivity index (χ2n) is 6.68. The van der Waals surface area contributed by atoms with E-state index in [-0.39, 0.29) is 12.5 Å². The standard InChI is InChI=1S/C19H17N3O3S/c1-21-13-8-11(6-7-15(13)25-10-17(21)24)18-14(9-23)22-12-4-2-3-5-16(12)26-19(22)20-18/h6-9H,2-5,10H2,1H3. The summed E-state index contributed by atoms with van der Waals surface area (Å²) >= 11 is 1.68. The number of thiazole rings is 1. The third kappa shape index (κ3) is 2.13. The monoisotopic (exact) mass is 367 g/mol. The number of hydrogen-bond donors (Lipinski definition) is 0. The van der Waals surface area contributed by atoms with E-state index in [1.165, 1.54) is 17.0 Å². The van der Waals surface area contributed by atoms with Crippen molar-refractivity contribution in [2.24, 2.45) is 0 Å². The van der Waals surface area contributed by atoms with E-state index in [0.717, 1.165) is 36.1 Å². The average molecular weight is 367 g/mol. The summed E-state index contributed by atoms with van der Waals surface area (Å²) in [6, 6.07) is 5.61. The number of anilines is 1. The Balaban J connectivity index is 1.69. The molecule has 3 heterocycles. The van der Waals surface area contributed by atoms with E-state index in [4.69, 9.17) is 9.72 Å². The van der Waals surface area contributed by atoms with Crippen LogP contribution >= 0.6 is 11.3 Å². The lowest BCUT2D eigenvalue weighted by molar-refractivity contribution is -0.120. The minimum Gasteiger partial charge on any atom is -0.482 e. The van der Waals surface area contributed by atoms with E-state index in [2.05, 4.69) is 0 Å². The van der Waals surface area contributed by atoms with Crippen LogP contribution in [0.4, 0.5) is 5.69 Å². The lowest BCUT2D eigenvalue weighted by Gasteiger charge is -2.26. The van der Waals surface area contributed by atoms with Crippen molar-refractivity contribution in [2.75, 3.05) is 18.6 Å². The highest BCUT2D eigenvalue weighted by molar-refractivity contribution is 7.17. The summed E-state index contributed by atoms with van der Waals surface area (Å²) < 4.78 is 7.51. The first-order valence-corrected chi connectivity index (χ1v) is 9.51. The van der Waals surface area contributed by atoms with Crippen LogP contribution in [0.2, 0.25) is 0 Å². The molecule has 6 nitrogen and oxygen atoms in total. The smallest absolute Gasteiger partial charge is 0.264 e. The van der Waals surface area contributed by atoms with Gasteiger partial charge in [-0.1, -0.05) is 0 Å². The average Bonchev–Trinajstić information content (AvgIpc) is 3.20. The Bertz CT molecular complexity index is 1070. The molecular formula is C19H17N3O3S. The number of aromatic nitrogens is 2. The number of rotatable bonds is 2. The molecule has 0 saturated carbocycles. The Morgan fingerprint density at radius 2 is 2.12 bits per heavy atom. The van der Waals surface area contributed by atoms with Crippen LogP contribution in [0.5, 0.6) is 5.75 Å². The van der Waals surface area contributed by atoms with Crippen molar-refractivity contribution < 1.29 is 14.3 Å². The molecule has 2 aliphatic rings. The molecule has 0 unspecified atom stereocenters. The Morgan fingerprint density at radius 1 is 1.27 bits per heavy atom. The fourth-order valence-corrected chi connectivity index (χ4v) is 5.01. The van der Waals surface area contributed by atoms with Gasteiger partial charge in [-0.05, 0) is 43.9 Å². The minimum absolute atomic E-state index is 0.0504. The largest absolute Gasteiger partial charge is 0.482 e. The summed E-state index contributed by atoms with van der Waals surface area (Å²) in [7, 11) is 1.73. The van der Waals surface area contributed by atoms with Gasteiger partial charge in [0.2, 0.25) is 0 Å². The summed E-state index contributed by atoms with van der Waals surface area (Å²) in [4.78, 5) is 32.4. The van der Waals surface area contributed by atoms with Crippen LogP contribution in [-0.2, 0) is 17.6 Å². The second kappa shape index (κ2) is 5.67. The zero-order valence-corrected chi connectivity index (χ0v) is 15.1.